The minimum atomic E-state index is -2.37. The van der Waals surface area contributed by atoms with Crippen LogP contribution in [-0.4, -0.2) is 20.0 Å². The Morgan fingerprint density at radius 2 is 0.907 bits per heavy atom. The Morgan fingerprint density at radius 1 is 0.500 bits per heavy atom. The molecule has 3 aromatic rings. The summed E-state index contributed by atoms with van der Waals surface area (Å²) in [7, 11) is -2.37. The van der Waals surface area contributed by atoms with Crippen molar-refractivity contribution in [1.29, 1.82) is 0 Å². The highest BCUT2D eigenvalue weighted by Crippen LogP contribution is 2.45. The lowest BCUT2D eigenvalue weighted by Gasteiger charge is -2.38. The zero-order valence-corrected chi connectivity index (χ0v) is 35.0. The maximum atomic E-state index is 9.51. The summed E-state index contributed by atoms with van der Waals surface area (Å²) in [5, 5.41) is 19.0. The van der Waals surface area contributed by atoms with E-state index in [0.717, 1.165) is 32.1 Å². The molecule has 0 radical (unpaired) electrons. The van der Waals surface area contributed by atoms with Crippen LogP contribution in [-0.2, 0) is 18.3 Å². The van der Waals surface area contributed by atoms with E-state index in [1.807, 2.05) is 36.4 Å². The fraction of sp³-hybridized carbons (Fsp3) is 0.625. The molecule has 4 N–H and O–H groups in total. The molecule has 1 saturated carbocycles. The molecule has 0 bridgehead atoms. The smallest absolute Gasteiger partial charge is 0.391 e. The normalized spacial score (nSPS) is 13.8. The molecule has 0 spiro atoms. The summed E-state index contributed by atoms with van der Waals surface area (Å²) in [6.45, 7) is 4.55. The highest BCUT2D eigenvalue weighted by molar-refractivity contribution is 7.39. The third-order valence-electron chi connectivity index (χ3n) is 11.5. The second-order valence-corrected chi connectivity index (χ2v) is 16.5. The second-order valence-electron chi connectivity index (χ2n) is 15.8. The van der Waals surface area contributed by atoms with Crippen LogP contribution in [0.4, 0.5) is 0 Å². The SMILES string of the molecule is CCCCCCCCCCCCc1cccc(OP(O)O)c1CCCCCCCCCCCC.Oc1ccc(C2(c3ccc(O)cc3)CCCCC2)cc1. The van der Waals surface area contributed by atoms with Gasteiger partial charge in [0.1, 0.15) is 17.2 Å². The fourth-order valence-electron chi connectivity index (χ4n) is 8.35. The van der Waals surface area contributed by atoms with Crippen molar-refractivity contribution in [2.45, 2.75) is 193 Å². The maximum Gasteiger partial charge on any atom is 0.391 e. The molecule has 0 atom stereocenters. The molecule has 4 rings (SSSR count). The van der Waals surface area contributed by atoms with E-state index in [2.05, 4.69) is 19.9 Å². The molecular weight excluding hydrogens is 687 g/mol. The number of phenolic OH excluding ortho intramolecular Hbond substituents is 2. The van der Waals surface area contributed by atoms with Crippen molar-refractivity contribution in [3.8, 4) is 17.2 Å². The average Bonchev–Trinajstić information content (AvgIpc) is 3.18. The Bertz CT molecular complexity index is 1300. The minimum Gasteiger partial charge on any atom is -0.508 e. The van der Waals surface area contributed by atoms with Gasteiger partial charge < -0.3 is 24.5 Å². The van der Waals surface area contributed by atoms with E-state index in [-0.39, 0.29) is 5.41 Å². The topological polar surface area (TPSA) is 90.2 Å². The summed E-state index contributed by atoms with van der Waals surface area (Å²) >= 11 is 0. The molecule has 6 heteroatoms. The number of hydrogen-bond donors (Lipinski definition) is 4. The minimum absolute atomic E-state index is 0.0274. The van der Waals surface area contributed by atoms with Gasteiger partial charge in [0, 0.05) is 5.41 Å². The molecule has 1 aliphatic rings. The van der Waals surface area contributed by atoms with Crippen molar-refractivity contribution in [2.75, 3.05) is 0 Å². The first-order valence-electron chi connectivity index (χ1n) is 21.9. The molecule has 302 valence electrons. The molecule has 0 amide bonds. The molecule has 0 aromatic heterocycles. The third-order valence-corrected chi connectivity index (χ3v) is 11.9. The summed E-state index contributed by atoms with van der Waals surface area (Å²) in [4.78, 5) is 18.9. The highest BCUT2D eigenvalue weighted by atomic mass is 31.2. The number of unbranched alkanes of at least 4 members (excludes halogenated alkanes) is 18. The molecule has 5 nitrogen and oxygen atoms in total. The van der Waals surface area contributed by atoms with Gasteiger partial charge in [-0.3, -0.25) is 0 Å². The van der Waals surface area contributed by atoms with Crippen molar-refractivity contribution < 1.29 is 24.5 Å². The van der Waals surface area contributed by atoms with Crippen molar-refractivity contribution >= 4 is 8.60 Å². The van der Waals surface area contributed by atoms with Gasteiger partial charge in [0.25, 0.3) is 0 Å². The summed E-state index contributed by atoms with van der Waals surface area (Å²) in [5.41, 5.74) is 5.10. The number of aromatic hydroxyl groups is 2. The van der Waals surface area contributed by atoms with Crippen LogP contribution in [0.3, 0.4) is 0 Å². The Kier molecular flexibility index (Phi) is 23.7. The second kappa shape index (κ2) is 27.9. The van der Waals surface area contributed by atoms with Gasteiger partial charge in [-0.25, -0.2) is 0 Å². The predicted octanol–water partition coefficient (Wildman–Crippen LogP) is 14.6. The van der Waals surface area contributed by atoms with Crippen molar-refractivity contribution in [2.24, 2.45) is 0 Å². The zero-order chi connectivity index (χ0) is 38.7. The number of benzene rings is 3. The first-order valence-corrected chi connectivity index (χ1v) is 23.1. The molecule has 54 heavy (non-hydrogen) atoms. The molecule has 1 aliphatic carbocycles. The Labute approximate surface area is 331 Å². The molecule has 0 aliphatic heterocycles. The van der Waals surface area contributed by atoms with E-state index < -0.39 is 8.60 Å². The molecule has 3 aromatic carbocycles. The molecule has 0 heterocycles. The van der Waals surface area contributed by atoms with E-state index in [1.54, 1.807) is 24.3 Å². The van der Waals surface area contributed by atoms with Gasteiger partial charge in [-0.2, -0.15) is 0 Å². The van der Waals surface area contributed by atoms with Gasteiger partial charge in [0.15, 0.2) is 0 Å². The largest absolute Gasteiger partial charge is 0.508 e. The van der Waals surface area contributed by atoms with E-state index >= 15 is 0 Å². The van der Waals surface area contributed by atoms with Crippen molar-refractivity contribution in [3.05, 3.63) is 89.0 Å². The average molecular weight is 763 g/mol. The van der Waals surface area contributed by atoms with Crippen LogP contribution in [0.2, 0.25) is 0 Å². The predicted molar refractivity (Wildman–Crippen MR) is 230 cm³/mol. The van der Waals surface area contributed by atoms with Crippen LogP contribution >= 0.6 is 8.60 Å². The van der Waals surface area contributed by atoms with E-state index in [0.29, 0.717) is 17.2 Å². The zero-order valence-electron chi connectivity index (χ0n) is 34.1. The van der Waals surface area contributed by atoms with Gasteiger partial charge >= 0.3 is 8.60 Å². The summed E-state index contributed by atoms with van der Waals surface area (Å²) in [6, 6.07) is 21.3. The van der Waals surface area contributed by atoms with Gasteiger partial charge in [-0.1, -0.05) is 185 Å². The van der Waals surface area contributed by atoms with Crippen molar-refractivity contribution in [1.82, 2.24) is 0 Å². The monoisotopic (exact) mass is 763 g/mol. The van der Waals surface area contributed by atoms with Crippen LogP contribution < -0.4 is 4.52 Å². The lowest BCUT2D eigenvalue weighted by Crippen LogP contribution is -2.30. The fourth-order valence-corrected chi connectivity index (χ4v) is 8.70. The number of aryl methyl sites for hydroxylation is 1. The summed E-state index contributed by atoms with van der Waals surface area (Å²) in [5.74, 6) is 1.30. The van der Waals surface area contributed by atoms with Gasteiger partial charge in [0.2, 0.25) is 0 Å². The van der Waals surface area contributed by atoms with Crippen LogP contribution in [0.5, 0.6) is 17.2 Å². The molecule has 0 unspecified atom stereocenters. The van der Waals surface area contributed by atoms with E-state index in [9.17, 15) is 20.0 Å². The van der Waals surface area contributed by atoms with Gasteiger partial charge in [-0.05, 0) is 91.1 Å². The molecular formula is C48H75O5P. The standard InChI is InChI=1S/C30H55O3P.C18H20O2/c1-3-5-7-9-11-13-15-17-19-21-24-28-25-23-27-30(33-34(31)32)29(28)26-22-20-18-16-14-12-10-8-6-4-2;19-16-8-4-14(5-9-16)18(12-2-1-3-13-18)15-6-10-17(20)11-7-15/h23,25,27,31-32H,3-22,24,26H2,1-2H3;4-11,19-20H,1-3,12-13H2. The Balaban J connectivity index is 0.000000329. The van der Waals surface area contributed by atoms with Crippen molar-refractivity contribution in [3.63, 3.8) is 0 Å². The lowest BCUT2D eigenvalue weighted by atomic mass is 9.65. The number of phenols is 2. The summed E-state index contributed by atoms with van der Waals surface area (Å²) < 4.78 is 5.40. The number of rotatable bonds is 26. The van der Waals surface area contributed by atoms with Gasteiger partial charge in [0.05, 0.1) is 0 Å². The Hall–Kier alpha value is -2.59. The third kappa shape index (κ3) is 17.5. The van der Waals surface area contributed by atoms with Gasteiger partial charge in [-0.15, -0.1) is 0 Å². The lowest BCUT2D eigenvalue weighted by molar-refractivity contribution is 0.345. The Morgan fingerprint density at radius 3 is 1.33 bits per heavy atom. The van der Waals surface area contributed by atoms with E-state index in [1.165, 1.54) is 164 Å². The summed E-state index contributed by atoms with van der Waals surface area (Å²) in [6.07, 6.45) is 34.8. The first-order chi connectivity index (χ1) is 26.4. The van der Waals surface area contributed by atoms with Crippen LogP contribution in [0, 0.1) is 0 Å². The van der Waals surface area contributed by atoms with Crippen LogP contribution in [0.25, 0.3) is 0 Å². The highest BCUT2D eigenvalue weighted by Gasteiger charge is 2.35. The molecule has 0 saturated heterocycles. The quantitative estimate of drug-likeness (QED) is 0.0483. The van der Waals surface area contributed by atoms with Crippen LogP contribution in [0.1, 0.15) is 197 Å². The van der Waals surface area contributed by atoms with E-state index in [4.69, 9.17) is 4.52 Å². The first kappa shape index (κ1) is 45.8. The number of hydrogen-bond acceptors (Lipinski definition) is 5. The molecule has 1 fully saturated rings. The maximum absolute atomic E-state index is 9.51. The van der Waals surface area contributed by atoms with Crippen LogP contribution in [0.15, 0.2) is 66.7 Å².